The first-order valence-electron chi connectivity index (χ1n) is 1.96. The van der Waals surface area contributed by atoms with E-state index in [1.165, 1.54) is 12.3 Å². The molecule has 0 aliphatic heterocycles. The summed E-state index contributed by atoms with van der Waals surface area (Å²) in [6.07, 6.45) is 1.20. The number of hydrogen-bond donors (Lipinski definition) is 0. The summed E-state index contributed by atoms with van der Waals surface area (Å²) in [6.45, 7) is 0. The summed E-state index contributed by atoms with van der Waals surface area (Å²) in [5, 5.41) is 2.82. The van der Waals surface area contributed by atoms with Crippen LogP contribution in [-0.4, -0.2) is 13.6 Å². The number of rotatable bonds is 1. The minimum absolute atomic E-state index is 0.329. The highest BCUT2D eigenvalue weighted by atomic mass is 35.7. The first kappa shape index (κ1) is 6.57. The van der Waals surface area contributed by atoms with Gasteiger partial charge in [-0.25, -0.2) is 8.42 Å². The lowest BCUT2D eigenvalue weighted by Crippen LogP contribution is -1.85. The van der Waals surface area contributed by atoms with E-state index in [-0.39, 0.29) is 5.09 Å². The monoisotopic (exact) mass is 167 g/mol. The second-order valence-electron chi connectivity index (χ2n) is 1.27. The van der Waals surface area contributed by atoms with Crippen LogP contribution in [0.1, 0.15) is 0 Å². The smallest absolute Gasteiger partial charge is 0.297 e. The number of hydrogen-bond acceptors (Lipinski definition) is 4. The molecule has 0 aromatic carbocycles. The van der Waals surface area contributed by atoms with Crippen molar-refractivity contribution < 1.29 is 12.9 Å². The molecule has 0 aliphatic rings. The van der Waals surface area contributed by atoms with Crippen LogP contribution in [0.25, 0.3) is 0 Å². The van der Waals surface area contributed by atoms with E-state index in [4.69, 9.17) is 10.7 Å². The second kappa shape index (κ2) is 2.00. The van der Waals surface area contributed by atoms with Crippen molar-refractivity contribution in [2.75, 3.05) is 0 Å². The van der Waals surface area contributed by atoms with Crippen LogP contribution >= 0.6 is 10.7 Å². The topological polar surface area (TPSA) is 60.2 Å². The largest absolute Gasteiger partial charge is 0.343 e. The predicted octanol–water partition coefficient (Wildman–Crippen LogP) is 0.602. The van der Waals surface area contributed by atoms with Crippen molar-refractivity contribution in [1.82, 2.24) is 5.16 Å². The molecule has 1 rings (SSSR count). The Morgan fingerprint density at radius 3 is 2.56 bits per heavy atom. The van der Waals surface area contributed by atoms with Gasteiger partial charge in [0.1, 0.15) is 0 Å². The third-order valence-electron chi connectivity index (χ3n) is 0.654. The highest BCUT2D eigenvalue weighted by Crippen LogP contribution is 2.11. The fraction of sp³-hybridized carbons (Fsp3) is 0. The van der Waals surface area contributed by atoms with Crippen LogP contribution in [-0.2, 0) is 9.05 Å². The van der Waals surface area contributed by atoms with E-state index in [0.29, 0.717) is 0 Å². The molecule has 0 spiro atoms. The molecule has 0 saturated carbocycles. The highest BCUT2D eigenvalue weighted by molar-refractivity contribution is 8.13. The average molecular weight is 168 g/mol. The zero-order valence-electron chi connectivity index (χ0n) is 4.11. The Morgan fingerprint density at radius 1 is 1.67 bits per heavy atom. The highest BCUT2D eigenvalue weighted by Gasteiger charge is 2.12. The molecule has 0 unspecified atom stereocenters. The van der Waals surface area contributed by atoms with E-state index in [0.717, 1.165) is 0 Å². The van der Waals surface area contributed by atoms with Crippen molar-refractivity contribution in [2.24, 2.45) is 0 Å². The van der Waals surface area contributed by atoms with E-state index in [2.05, 4.69) is 9.68 Å². The molecule has 0 atom stereocenters. The van der Waals surface area contributed by atoms with Gasteiger partial charge in [-0.1, -0.05) is 5.16 Å². The van der Waals surface area contributed by atoms with E-state index >= 15 is 0 Å². The standard InChI is InChI=1S/C3H2ClNO3S/c4-9(6,7)3-1-2-5-8-3/h1-2H. The van der Waals surface area contributed by atoms with Gasteiger partial charge in [-0.3, -0.25) is 0 Å². The van der Waals surface area contributed by atoms with Gasteiger partial charge in [0, 0.05) is 16.7 Å². The SMILES string of the molecule is O=S(=O)(Cl)c1ccno1. The molecule has 4 nitrogen and oxygen atoms in total. The zero-order chi connectivity index (χ0) is 6.91. The van der Waals surface area contributed by atoms with Gasteiger partial charge in [-0.05, 0) is 0 Å². The lowest BCUT2D eigenvalue weighted by atomic mass is 10.8. The Labute approximate surface area is 55.8 Å². The zero-order valence-corrected chi connectivity index (χ0v) is 5.69. The quantitative estimate of drug-likeness (QED) is 0.575. The van der Waals surface area contributed by atoms with Gasteiger partial charge in [-0.2, -0.15) is 0 Å². The van der Waals surface area contributed by atoms with Gasteiger partial charge in [0.05, 0.1) is 6.20 Å². The Bertz CT molecular complexity index is 276. The number of aromatic nitrogens is 1. The molecule has 1 heterocycles. The molecular weight excluding hydrogens is 166 g/mol. The summed E-state index contributed by atoms with van der Waals surface area (Å²) < 4.78 is 24.9. The van der Waals surface area contributed by atoms with Crippen LogP contribution in [0.2, 0.25) is 0 Å². The van der Waals surface area contributed by atoms with Gasteiger partial charge < -0.3 is 4.52 Å². The first-order chi connectivity index (χ1) is 4.11. The van der Waals surface area contributed by atoms with Gasteiger partial charge >= 0.3 is 0 Å². The molecule has 0 radical (unpaired) electrons. The molecule has 0 amide bonds. The fourth-order valence-corrected chi connectivity index (χ4v) is 0.924. The molecule has 6 heteroatoms. The summed E-state index contributed by atoms with van der Waals surface area (Å²) in [6, 6.07) is 1.17. The van der Waals surface area contributed by atoms with E-state index < -0.39 is 9.05 Å². The van der Waals surface area contributed by atoms with E-state index in [1.54, 1.807) is 0 Å². The molecular formula is C3H2ClNO3S. The minimum Gasteiger partial charge on any atom is -0.343 e. The Morgan fingerprint density at radius 2 is 2.33 bits per heavy atom. The van der Waals surface area contributed by atoms with Crippen LogP contribution in [0, 0.1) is 0 Å². The lowest BCUT2D eigenvalue weighted by molar-refractivity contribution is 0.341. The third kappa shape index (κ3) is 1.43. The summed E-state index contributed by atoms with van der Waals surface area (Å²) >= 11 is 0. The third-order valence-corrected chi connectivity index (χ3v) is 1.80. The van der Waals surface area contributed by atoms with Crippen LogP contribution in [0.5, 0.6) is 0 Å². The Balaban J connectivity index is 3.20. The van der Waals surface area contributed by atoms with Crippen molar-refractivity contribution in [2.45, 2.75) is 5.09 Å². The van der Waals surface area contributed by atoms with Crippen LogP contribution in [0.4, 0.5) is 0 Å². The van der Waals surface area contributed by atoms with Crippen molar-refractivity contribution >= 4 is 19.7 Å². The normalized spacial score (nSPS) is 11.7. The van der Waals surface area contributed by atoms with Gasteiger partial charge in [-0.15, -0.1) is 0 Å². The summed E-state index contributed by atoms with van der Waals surface area (Å²) in [5.41, 5.74) is 0. The van der Waals surface area contributed by atoms with Crippen molar-refractivity contribution in [1.29, 1.82) is 0 Å². The first-order valence-corrected chi connectivity index (χ1v) is 4.27. The summed E-state index contributed by atoms with van der Waals surface area (Å²) in [4.78, 5) is 0. The molecule has 9 heavy (non-hydrogen) atoms. The van der Waals surface area contributed by atoms with Crippen LogP contribution in [0.15, 0.2) is 21.9 Å². The summed E-state index contributed by atoms with van der Waals surface area (Å²) in [5.74, 6) is 0. The summed E-state index contributed by atoms with van der Waals surface area (Å²) in [7, 11) is 1.12. The molecule has 0 aliphatic carbocycles. The van der Waals surface area contributed by atoms with Crippen LogP contribution < -0.4 is 0 Å². The molecule has 1 aromatic rings. The second-order valence-corrected chi connectivity index (χ2v) is 3.77. The fourth-order valence-electron chi connectivity index (χ4n) is 0.330. The average Bonchev–Trinajstić information content (AvgIpc) is 2.08. The number of halogens is 1. The predicted molar refractivity (Wildman–Crippen MR) is 29.5 cm³/mol. The Kier molecular flexibility index (Phi) is 1.46. The van der Waals surface area contributed by atoms with Crippen molar-refractivity contribution in [3.63, 3.8) is 0 Å². The van der Waals surface area contributed by atoms with Crippen molar-refractivity contribution in [3.8, 4) is 0 Å². The Hall–Kier alpha value is -0.550. The lowest BCUT2D eigenvalue weighted by Gasteiger charge is -1.80. The molecule has 0 fully saturated rings. The van der Waals surface area contributed by atoms with Gasteiger partial charge in [0.25, 0.3) is 14.1 Å². The maximum absolute atomic E-state index is 10.3. The van der Waals surface area contributed by atoms with E-state index in [9.17, 15) is 8.42 Å². The minimum atomic E-state index is -3.72. The van der Waals surface area contributed by atoms with Gasteiger partial charge in [0.2, 0.25) is 0 Å². The van der Waals surface area contributed by atoms with Crippen molar-refractivity contribution in [3.05, 3.63) is 12.3 Å². The molecule has 50 valence electrons. The molecule has 0 bridgehead atoms. The maximum atomic E-state index is 10.3. The number of nitrogens with zero attached hydrogens (tertiary/aromatic N) is 1. The van der Waals surface area contributed by atoms with E-state index in [1.807, 2.05) is 0 Å². The van der Waals surface area contributed by atoms with Gasteiger partial charge in [0.15, 0.2) is 0 Å². The van der Waals surface area contributed by atoms with Crippen LogP contribution in [0.3, 0.4) is 0 Å². The molecule has 0 N–H and O–H groups in total. The molecule has 0 saturated heterocycles. The molecule has 1 aromatic heterocycles. The maximum Gasteiger partial charge on any atom is 0.297 e.